The highest BCUT2D eigenvalue weighted by molar-refractivity contribution is 5.94. The number of aromatic nitrogens is 2. The lowest BCUT2D eigenvalue weighted by atomic mass is 9.85. The van der Waals surface area contributed by atoms with Crippen LogP contribution < -0.4 is 10.6 Å². The van der Waals surface area contributed by atoms with Crippen molar-refractivity contribution in [3.8, 4) is 0 Å². The Morgan fingerprint density at radius 1 is 1.52 bits per heavy atom. The van der Waals surface area contributed by atoms with Crippen LogP contribution in [0.4, 0.5) is 5.69 Å². The van der Waals surface area contributed by atoms with E-state index < -0.39 is 0 Å². The second-order valence-electron chi connectivity index (χ2n) is 6.08. The highest BCUT2D eigenvalue weighted by atomic mass is 16.5. The van der Waals surface area contributed by atoms with Crippen molar-refractivity contribution in [3.63, 3.8) is 0 Å². The Hall–Kier alpha value is -1.40. The molecule has 21 heavy (non-hydrogen) atoms. The molecule has 1 saturated heterocycles. The van der Waals surface area contributed by atoms with Gasteiger partial charge >= 0.3 is 0 Å². The zero-order chi connectivity index (χ0) is 14.7. The summed E-state index contributed by atoms with van der Waals surface area (Å²) >= 11 is 0. The van der Waals surface area contributed by atoms with Gasteiger partial charge in [0, 0.05) is 19.3 Å². The minimum atomic E-state index is -0.0552. The van der Waals surface area contributed by atoms with Crippen LogP contribution >= 0.6 is 0 Å². The van der Waals surface area contributed by atoms with Crippen LogP contribution in [0.3, 0.4) is 0 Å². The van der Waals surface area contributed by atoms with Crippen LogP contribution in [0.25, 0.3) is 0 Å². The maximum Gasteiger partial charge on any atom is 0.241 e. The molecule has 2 fully saturated rings. The summed E-state index contributed by atoms with van der Waals surface area (Å²) in [6, 6.07) is 0.486. The molecular weight excluding hydrogens is 268 g/mol. The van der Waals surface area contributed by atoms with Gasteiger partial charge in [0.1, 0.15) is 0 Å². The first kappa shape index (κ1) is 14.5. The summed E-state index contributed by atoms with van der Waals surface area (Å²) in [5, 5.41) is 10.7. The molecular formula is C15H24N4O2. The molecule has 1 aliphatic carbocycles. The molecule has 3 atom stereocenters. The average Bonchev–Trinajstić information content (AvgIpc) is 3.11. The third-order valence-electron chi connectivity index (χ3n) is 4.60. The molecule has 2 N–H and O–H groups in total. The van der Waals surface area contributed by atoms with Crippen molar-refractivity contribution in [2.75, 3.05) is 19.0 Å². The highest BCUT2D eigenvalue weighted by Gasteiger charge is 2.38. The molecule has 1 amide bonds. The van der Waals surface area contributed by atoms with Gasteiger partial charge < -0.3 is 15.4 Å². The first-order valence-corrected chi connectivity index (χ1v) is 7.84. The summed E-state index contributed by atoms with van der Waals surface area (Å²) in [6.07, 6.45) is 9.57. The fraction of sp³-hybridized carbons (Fsp3) is 0.733. The largest absolute Gasteiger partial charge is 0.383 e. The lowest BCUT2D eigenvalue weighted by Gasteiger charge is -2.24. The van der Waals surface area contributed by atoms with Crippen LogP contribution in [-0.2, 0) is 16.1 Å². The number of methoxy groups -OCH3 is 1. The van der Waals surface area contributed by atoms with E-state index in [9.17, 15) is 4.79 Å². The van der Waals surface area contributed by atoms with Gasteiger partial charge in [-0.3, -0.25) is 9.48 Å². The van der Waals surface area contributed by atoms with E-state index in [2.05, 4.69) is 15.7 Å². The van der Waals surface area contributed by atoms with Gasteiger partial charge in [-0.2, -0.15) is 5.10 Å². The summed E-state index contributed by atoms with van der Waals surface area (Å²) in [7, 11) is 1.66. The lowest BCUT2D eigenvalue weighted by molar-refractivity contribution is -0.117. The van der Waals surface area contributed by atoms with E-state index in [1.807, 2.05) is 6.20 Å². The van der Waals surface area contributed by atoms with Gasteiger partial charge in [0.05, 0.1) is 31.1 Å². The summed E-state index contributed by atoms with van der Waals surface area (Å²) < 4.78 is 6.79. The third kappa shape index (κ3) is 3.44. The summed E-state index contributed by atoms with van der Waals surface area (Å²) in [5.74, 6) is 0.745. The zero-order valence-corrected chi connectivity index (χ0v) is 12.5. The maximum atomic E-state index is 12.3. The normalized spacial score (nSPS) is 28.3. The van der Waals surface area contributed by atoms with Crippen molar-refractivity contribution < 1.29 is 9.53 Å². The molecule has 6 nitrogen and oxygen atoms in total. The second-order valence-corrected chi connectivity index (χ2v) is 6.08. The summed E-state index contributed by atoms with van der Waals surface area (Å²) in [6.45, 7) is 1.31. The Balaban J connectivity index is 1.53. The number of anilines is 1. The fourth-order valence-electron chi connectivity index (χ4n) is 3.49. The average molecular weight is 292 g/mol. The summed E-state index contributed by atoms with van der Waals surface area (Å²) in [5.41, 5.74) is 0.757. The molecule has 116 valence electrons. The molecule has 1 aliphatic heterocycles. The monoisotopic (exact) mass is 292 g/mol. The standard InChI is InChI=1S/C15H24N4O2/c1-21-7-6-19-10-12(9-16-19)17-15(20)14-8-11-4-2-3-5-13(11)18-14/h9-11,13-14,18H,2-8H2,1H3,(H,17,20). The predicted octanol–water partition coefficient (Wildman–Crippen LogP) is 1.39. The number of ether oxygens (including phenoxy) is 1. The van der Waals surface area contributed by atoms with Crippen molar-refractivity contribution >= 4 is 11.6 Å². The molecule has 1 aromatic rings. The van der Waals surface area contributed by atoms with Gasteiger partial charge in [0.15, 0.2) is 0 Å². The number of rotatable bonds is 5. The molecule has 3 unspecified atom stereocenters. The number of fused-ring (bicyclic) bond motifs is 1. The molecule has 1 aromatic heterocycles. The SMILES string of the molecule is COCCn1cc(NC(=O)C2CC3CCCCC3N2)cn1. The number of carbonyl (C=O) groups excluding carboxylic acids is 1. The van der Waals surface area contributed by atoms with Gasteiger partial charge in [-0.1, -0.05) is 12.8 Å². The summed E-state index contributed by atoms with van der Waals surface area (Å²) in [4.78, 5) is 12.3. The van der Waals surface area contributed by atoms with E-state index in [1.165, 1.54) is 25.7 Å². The minimum absolute atomic E-state index is 0.0552. The molecule has 2 heterocycles. The van der Waals surface area contributed by atoms with Gasteiger partial charge in [0.25, 0.3) is 0 Å². The van der Waals surface area contributed by atoms with Crippen molar-refractivity contribution in [3.05, 3.63) is 12.4 Å². The van der Waals surface area contributed by atoms with Gasteiger partial charge in [-0.25, -0.2) is 0 Å². The van der Waals surface area contributed by atoms with Crippen LogP contribution in [0.2, 0.25) is 0 Å². The Kier molecular flexibility index (Phi) is 4.55. The molecule has 1 saturated carbocycles. The quantitative estimate of drug-likeness (QED) is 0.860. The van der Waals surface area contributed by atoms with Crippen LogP contribution in [0, 0.1) is 5.92 Å². The molecule has 2 aliphatic rings. The van der Waals surface area contributed by atoms with Gasteiger partial charge in [-0.15, -0.1) is 0 Å². The molecule has 0 bridgehead atoms. The zero-order valence-electron chi connectivity index (χ0n) is 12.5. The van der Waals surface area contributed by atoms with Gasteiger partial charge in [-0.05, 0) is 25.2 Å². The van der Waals surface area contributed by atoms with E-state index in [0.717, 1.165) is 12.1 Å². The first-order valence-electron chi connectivity index (χ1n) is 7.84. The number of amides is 1. The molecule has 0 aromatic carbocycles. The van der Waals surface area contributed by atoms with E-state index in [1.54, 1.807) is 18.0 Å². The Labute approximate surface area is 125 Å². The van der Waals surface area contributed by atoms with Crippen molar-refractivity contribution in [2.24, 2.45) is 5.92 Å². The Bertz CT molecular complexity index is 474. The van der Waals surface area contributed by atoms with E-state index in [0.29, 0.717) is 25.1 Å². The number of nitrogens with zero attached hydrogens (tertiary/aromatic N) is 2. The predicted molar refractivity (Wildman–Crippen MR) is 80.0 cm³/mol. The van der Waals surface area contributed by atoms with E-state index in [-0.39, 0.29) is 11.9 Å². The molecule has 6 heteroatoms. The second kappa shape index (κ2) is 6.58. The van der Waals surface area contributed by atoms with Crippen molar-refractivity contribution in [1.82, 2.24) is 15.1 Å². The molecule has 3 rings (SSSR count). The number of carbonyl (C=O) groups is 1. The fourth-order valence-corrected chi connectivity index (χ4v) is 3.49. The highest BCUT2D eigenvalue weighted by Crippen LogP contribution is 2.33. The van der Waals surface area contributed by atoms with Crippen LogP contribution in [0.5, 0.6) is 0 Å². The van der Waals surface area contributed by atoms with Crippen LogP contribution in [0.15, 0.2) is 12.4 Å². The first-order chi connectivity index (χ1) is 10.3. The molecule has 0 spiro atoms. The van der Waals surface area contributed by atoms with Crippen LogP contribution in [0.1, 0.15) is 32.1 Å². The molecule has 0 radical (unpaired) electrons. The lowest BCUT2D eigenvalue weighted by Crippen LogP contribution is -2.39. The third-order valence-corrected chi connectivity index (χ3v) is 4.60. The number of nitrogens with one attached hydrogen (secondary N) is 2. The van der Waals surface area contributed by atoms with Crippen LogP contribution in [-0.4, -0.2) is 41.5 Å². The minimum Gasteiger partial charge on any atom is -0.383 e. The number of hydrogen-bond acceptors (Lipinski definition) is 4. The Morgan fingerprint density at radius 3 is 3.19 bits per heavy atom. The van der Waals surface area contributed by atoms with Crippen molar-refractivity contribution in [2.45, 2.75) is 50.7 Å². The van der Waals surface area contributed by atoms with Crippen molar-refractivity contribution in [1.29, 1.82) is 0 Å². The van der Waals surface area contributed by atoms with E-state index in [4.69, 9.17) is 4.74 Å². The van der Waals surface area contributed by atoms with Gasteiger partial charge in [0.2, 0.25) is 5.91 Å². The maximum absolute atomic E-state index is 12.3. The Morgan fingerprint density at radius 2 is 2.38 bits per heavy atom. The van der Waals surface area contributed by atoms with E-state index >= 15 is 0 Å². The smallest absolute Gasteiger partial charge is 0.241 e. The number of hydrogen-bond donors (Lipinski definition) is 2. The topological polar surface area (TPSA) is 68.2 Å².